The van der Waals surface area contributed by atoms with Crippen LogP contribution in [0.15, 0.2) is 0 Å². The third kappa shape index (κ3) is 3.02. The molecule has 4 heteroatoms. The number of piperidine rings is 1. The summed E-state index contributed by atoms with van der Waals surface area (Å²) in [6.07, 6.45) is 8.71. The molecular formula is C23H38N2O2. The Morgan fingerprint density at radius 2 is 1.70 bits per heavy atom. The molecule has 3 aliphatic carbocycles. The zero-order valence-corrected chi connectivity index (χ0v) is 17.9. The average Bonchev–Trinajstić information content (AvgIpc) is 2.91. The Morgan fingerprint density at radius 1 is 1.00 bits per heavy atom. The molecule has 0 bridgehead atoms. The van der Waals surface area contributed by atoms with Gasteiger partial charge in [-0.25, -0.2) is 0 Å². The van der Waals surface area contributed by atoms with Crippen LogP contribution >= 0.6 is 0 Å². The second-order valence-corrected chi connectivity index (χ2v) is 11.5. The number of rotatable bonds is 1. The smallest absolute Gasteiger partial charge is 0.224 e. The van der Waals surface area contributed by atoms with Crippen LogP contribution in [-0.2, 0) is 9.59 Å². The van der Waals surface area contributed by atoms with E-state index in [-0.39, 0.29) is 34.1 Å². The highest BCUT2D eigenvalue weighted by Gasteiger charge is 2.61. The summed E-state index contributed by atoms with van der Waals surface area (Å²) in [7, 11) is 0. The predicted octanol–water partition coefficient (Wildman–Crippen LogP) is 4.04. The van der Waals surface area contributed by atoms with E-state index < -0.39 is 0 Å². The SMILES string of the molecule is CC(C)(C)NC(=O)[C@@H]1CC[C@@H]2[C@@H]3CC[C@@H]4NC(=O)CC[C@]4(C)[C@@H]3CC[C@@]21C. The first-order chi connectivity index (χ1) is 12.5. The Labute approximate surface area is 164 Å². The molecule has 7 atom stereocenters. The van der Waals surface area contributed by atoms with Gasteiger partial charge in [0.25, 0.3) is 0 Å². The molecule has 1 heterocycles. The van der Waals surface area contributed by atoms with Gasteiger partial charge < -0.3 is 10.6 Å². The van der Waals surface area contributed by atoms with Gasteiger partial charge in [0.15, 0.2) is 0 Å². The van der Waals surface area contributed by atoms with Crippen molar-refractivity contribution in [2.45, 2.75) is 97.6 Å². The largest absolute Gasteiger partial charge is 0.353 e. The summed E-state index contributed by atoms with van der Waals surface area (Å²) >= 11 is 0. The summed E-state index contributed by atoms with van der Waals surface area (Å²) in [6.45, 7) is 11.1. The number of carbonyl (C=O) groups is 2. The van der Waals surface area contributed by atoms with E-state index in [1.54, 1.807) is 0 Å². The first-order valence-corrected chi connectivity index (χ1v) is 11.2. The summed E-state index contributed by atoms with van der Waals surface area (Å²) in [5.74, 6) is 2.79. The Morgan fingerprint density at radius 3 is 2.41 bits per heavy atom. The van der Waals surface area contributed by atoms with Gasteiger partial charge >= 0.3 is 0 Å². The van der Waals surface area contributed by atoms with E-state index in [0.717, 1.165) is 31.6 Å². The van der Waals surface area contributed by atoms with Gasteiger partial charge in [-0.1, -0.05) is 13.8 Å². The third-order valence-corrected chi connectivity index (χ3v) is 8.91. The highest BCUT2D eigenvalue weighted by Crippen LogP contribution is 2.65. The maximum Gasteiger partial charge on any atom is 0.224 e. The molecule has 4 nitrogen and oxygen atoms in total. The molecule has 0 aromatic carbocycles. The number of hydrogen-bond acceptors (Lipinski definition) is 2. The van der Waals surface area contributed by atoms with Gasteiger partial charge in [-0.3, -0.25) is 9.59 Å². The molecule has 0 spiro atoms. The second kappa shape index (κ2) is 6.22. The van der Waals surface area contributed by atoms with Crippen molar-refractivity contribution in [1.82, 2.24) is 10.6 Å². The van der Waals surface area contributed by atoms with Crippen molar-refractivity contribution in [2.24, 2.45) is 34.5 Å². The molecule has 1 saturated heterocycles. The lowest BCUT2D eigenvalue weighted by Gasteiger charge is -2.60. The molecule has 4 aliphatic rings. The second-order valence-electron chi connectivity index (χ2n) is 11.5. The summed E-state index contributed by atoms with van der Waals surface area (Å²) in [5.41, 5.74) is 0.246. The normalized spacial score (nSPS) is 46.7. The Bertz CT molecular complexity index is 639. The summed E-state index contributed by atoms with van der Waals surface area (Å²) < 4.78 is 0. The first-order valence-electron chi connectivity index (χ1n) is 11.2. The number of hydrogen-bond donors (Lipinski definition) is 2. The minimum absolute atomic E-state index is 0.150. The van der Waals surface area contributed by atoms with Crippen LogP contribution in [0.3, 0.4) is 0 Å². The van der Waals surface area contributed by atoms with Crippen LogP contribution in [0, 0.1) is 34.5 Å². The molecule has 4 rings (SSSR count). The zero-order valence-electron chi connectivity index (χ0n) is 17.9. The highest BCUT2D eigenvalue weighted by molar-refractivity contribution is 5.80. The van der Waals surface area contributed by atoms with Gasteiger partial charge in [0.05, 0.1) is 0 Å². The average molecular weight is 375 g/mol. The minimum atomic E-state index is -0.158. The van der Waals surface area contributed by atoms with E-state index in [1.807, 2.05) is 0 Å². The lowest BCUT2D eigenvalue weighted by molar-refractivity contribution is -0.142. The Hall–Kier alpha value is -1.06. The molecule has 0 radical (unpaired) electrons. The van der Waals surface area contributed by atoms with Crippen LogP contribution in [0.5, 0.6) is 0 Å². The highest BCUT2D eigenvalue weighted by atomic mass is 16.2. The molecule has 3 saturated carbocycles. The molecule has 2 amide bonds. The van der Waals surface area contributed by atoms with Crippen molar-refractivity contribution in [1.29, 1.82) is 0 Å². The van der Waals surface area contributed by atoms with Crippen LogP contribution in [0.25, 0.3) is 0 Å². The summed E-state index contributed by atoms with van der Waals surface area (Å²) in [6, 6.07) is 0.366. The molecule has 152 valence electrons. The van der Waals surface area contributed by atoms with Crippen LogP contribution in [0.2, 0.25) is 0 Å². The van der Waals surface area contributed by atoms with Gasteiger partial charge in [-0.2, -0.15) is 0 Å². The van der Waals surface area contributed by atoms with Crippen LogP contribution in [-0.4, -0.2) is 23.4 Å². The third-order valence-electron chi connectivity index (χ3n) is 8.91. The number of nitrogens with one attached hydrogen (secondary N) is 2. The van der Waals surface area contributed by atoms with Gasteiger partial charge in [0, 0.05) is 23.9 Å². The van der Waals surface area contributed by atoms with Crippen LogP contribution in [0.1, 0.15) is 86.0 Å². The van der Waals surface area contributed by atoms with Gasteiger partial charge in [0.2, 0.25) is 11.8 Å². The number of carbonyl (C=O) groups excluding carboxylic acids is 2. The van der Waals surface area contributed by atoms with Crippen molar-refractivity contribution in [3.8, 4) is 0 Å². The van der Waals surface area contributed by atoms with E-state index >= 15 is 0 Å². The molecule has 27 heavy (non-hydrogen) atoms. The molecule has 0 unspecified atom stereocenters. The first kappa shape index (κ1) is 19.3. The van der Waals surface area contributed by atoms with Crippen molar-refractivity contribution >= 4 is 11.8 Å². The van der Waals surface area contributed by atoms with Crippen molar-refractivity contribution in [3.05, 3.63) is 0 Å². The molecular weight excluding hydrogens is 336 g/mol. The monoisotopic (exact) mass is 374 g/mol. The summed E-state index contributed by atoms with van der Waals surface area (Å²) in [4.78, 5) is 25.0. The van der Waals surface area contributed by atoms with E-state index in [4.69, 9.17) is 0 Å². The number of fused-ring (bicyclic) bond motifs is 5. The number of amides is 2. The van der Waals surface area contributed by atoms with Gasteiger partial charge in [0.1, 0.15) is 0 Å². The quantitative estimate of drug-likeness (QED) is 0.728. The standard InChI is InChI=1S/C23H38N2O2/c1-21(2,3)25-20(27)17-8-7-15-14-6-9-18-23(5,13-11-19(26)24-18)16(14)10-12-22(15,17)4/h14-18H,6-13H2,1-5H3,(H,24,26)(H,25,27)/t14-,15+,16+,17-,18-,22-,23+/m0/s1. The molecule has 4 fully saturated rings. The van der Waals surface area contributed by atoms with Gasteiger partial charge in [-0.05, 0) is 94.3 Å². The predicted molar refractivity (Wildman–Crippen MR) is 107 cm³/mol. The molecule has 2 N–H and O–H groups in total. The maximum absolute atomic E-state index is 13.0. The Balaban J connectivity index is 1.55. The van der Waals surface area contributed by atoms with E-state index in [9.17, 15) is 9.59 Å². The topological polar surface area (TPSA) is 58.2 Å². The van der Waals surface area contributed by atoms with E-state index in [1.165, 1.54) is 19.3 Å². The van der Waals surface area contributed by atoms with Crippen molar-refractivity contribution in [3.63, 3.8) is 0 Å². The lowest BCUT2D eigenvalue weighted by atomic mass is 9.47. The van der Waals surface area contributed by atoms with Crippen LogP contribution in [0.4, 0.5) is 0 Å². The molecule has 0 aromatic rings. The Kier molecular flexibility index (Phi) is 4.44. The fourth-order valence-corrected chi connectivity index (χ4v) is 7.59. The fourth-order valence-electron chi connectivity index (χ4n) is 7.59. The fraction of sp³-hybridized carbons (Fsp3) is 0.913. The van der Waals surface area contributed by atoms with E-state index in [0.29, 0.717) is 24.3 Å². The maximum atomic E-state index is 13.0. The van der Waals surface area contributed by atoms with Crippen LogP contribution < -0.4 is 10.6 Å². The van der Waals surface area contributed by atoms with Crippen molar-refractivity contribution in [2.75, 3.05) is 0 Å². The zero-order chi connectivity index (χ0) is 19.6. The molecule has 1 aliphatic heterocycles. The summed E-state index contributed by atoms with van der Waals surface area (Å²) in [5, 5.41) is 6.57. The molecule has 0 aromatic heterocycles. The van der Waals surface area contributed by atoms with E-state index in [2.05, 4.69) is 45.3 Å². The van der Waals surface area contributed by atoms with Gasteiger partial charge in [-0.15, -0.1) is 0 Å². The lowest BCUT2D eigenvalue weighted by Crippen LogP contribution is -2.61. The van der Waals surface area contributed by atoms with Crippen molar-refractivity contribution < 1.29 is 9.59 Å². The minimum Gasteiger partial charge on any atom is -0.353 e.